The molecule has 3 aromatic rings. The Kier molecular flexibility index (Phi) is 5.52. The van der Waals surface area contributed by atoms with Crippen molar-refractivity contribution in [2.45, 2.75) is 23.6 Å². The van der Waals surface area contributed by atoms with Gasteiger partial charge in [0, 0.05) is 16.8 Å². The van der Waals surface area contributed by atoms with Crippen molar-refractivity contribution in [3.63, 3.8) is 0 Å². The maximum atomic E-state index is 12.7. The number of carboxylic acids is 1. The lowest BCUT2D eigenvalue weighted by atomic mass is 10.0. The lowest BCUT2D eigenvalue weighted by Crippen LogP contribution is -2.26. The van der Waals surface area contributed by atoms with Crippen LogP contribution in [-0.2, 0) is 14.8 Å². The molecular weight excluding hydrogens is 424 g/mol. The van der Waals surface area contributed by atoms with Gasteiger partial charge in [-0.2, -0.15) is 8.42 Å². The largest absolute Gasteiger partial charge is 0.481 e. The van der Waals surface area contributed by atoms with Crippen LogP contribution in [-0.4, -0.2) is 46.3 Å². The summed E-state index contributed by atoms with van der Waals surface area (Å²) >= 11 is 1.45. The van der Waals surface area contributed by atoms with Crippen molar-refractivity contribution in [1.82, 2.24) is 9.97 Å². The van der Waals surface area contributed by atoms with Crippen LogP contribution in [0.25, 0.3) is 10.9 Å². The van der Waals surface area contributed by atoms with Gasteiger partial charge >= 0.3 is 5.97 Å². The standard InChI is InChI=1S/C20H20N4O4S2/c1-2-13(20(25)26)16-11-22-19(29-16)15-10-12-6-5-7-14(18(12)23-15)24-30(27,28)17-8-3-4-9-21-17/h3-10,13,16,23-24H,2,11H2,1H3,(H,25,26). The Bertz CT molecular complexity index is 1220. The Balaban J connectivity index is 1.61. The van der Waals surface area contributed by atoms with Gasteiger partial charge in [-0.05, 0) is 30.7 Å². The van der Waals surface area contributed by atoms with E-state index >= 15 is 0 Å². The fraction of sp³-hybridized carbons (Fsp3) is 0.250. The number of benzene rings is 1. The van der Waals surface area contributed by atoms with E-state index in [9.17, 15) is 18.3 Å². The number of hydrogen-bond donors (Lipinski definition) is 3. The fourth-order valence-electron chi connectivity index (χ4n) is 3.40. The highest BCUT2D eigenvalue weighted by molar-refractivity contribution is 8.15. The minimum Gasteiger partial charge on any atom is -0.481 e. The van der Waals surface area contributed by atoms with E-state index in [0.29, 0.717) is 24.2 Å². The summed E-state index contributed by atoms with van der Waals surface area (Å²) in [6.45, 7) is 2.31. The number of carbonyl (C=O) groups is 1. The highest BCUT2D eigenvalue weighted by atomic mass is 32.2. The number of sulfonamides is 1. The topological polar surface area (TPSA) is 125 Å². The van der Waals surface area contributed by atoms with Gasteiger partial charge in [-0.15, -0.1) is 0 Å². The number of nitrogens with one attached hydrogen (secondary N) is 2. The summed E-state index contributed by atoms with van der Waals surface area (Å²) in [5.74, 6) is -1.27. The molecule has 0 amide bonds. The van der Waals surface area contributed by atoms with Crippen LogP contribution in [0.2, 0.25) is 0 Å². The molecule has 4 rings (SSSR count). The second-order valence-corrected chi connectivity index (χ2v) is 9.74. The number of fused-ring (bicyclic) bond motifs is 1. The van der Waals surface area contributed by atoms with Crippen LogP contribution in [0.5, 0.6) is 0 Å². The van der Waals surface area contributed by atoms with Crippen molar-refractivity contribution in [2.24, 2.45) is 10.9 Å². The summed E-state index contributed by atoms with van der Waals surface area (Å²) < 4.78 is 27.9. The first-order valence-electron chi connectivity index (χ1n) is 9.39. The number of aliphatic carboxylic acids is 1. The number of carboxylic acid groups (broad SMARTS) is 1. The Labute approximate surface area is 177 Å². The van der Waals surface area contributed by atoms with Crippen LogP contribution in [0.15, 0.2) is 58.7 Å². The number of H-pyrrole nitrogens is 1. The smallest absolute Gasteiger partial charge is 0.307 e. The first kappa shape index (κ1) is 20.4. The van der Waals surface area contributed by atoms with E-state index in [-0.39, 0.29) is 10.3 Å². The summed E-state index contributed by atoms with van der Waals surface area (Å²) in [7, 11) is -3.83. The van der Waals surface area contributed by atoms with E-state index in [4.69, 9.17) is 0 Å². The molecule has 0 aliphatic carbocycles. The van der Waals surface area contributed by atoms with E-state index < -0.39 is 21.9 Å². The number of para-hydroxylation sites is 1. The monoisotopic (exact) mass is 444 g/mol. The average molecular weight is 445 g/mol. The summed E-state index contributed by atoms with van der Waals surface area (Å²) in [5, 5.41) is 10.8. The Morgan fingerprint density at radius 1 is 1.33 bits per heavy atom. The predicted octanol–water partition coefficient (Wildman–Crippen LogP) is 3.34. The van der Waals surface area contributed by atoms with Gasteiger partial charge in [0.25, 0.3) is 10.0 Å². The molecule has 0 fully saturated rings. The first-order valence-corrected chi connectivity index (χ1v) is 11.7. The molecule has 30 heavy (non-hydrogen) atoms. The summed E-state index contributed by atoms with van der Waals surface area (Å²) in [6.07, 6.45) is 1.97. The molecule has 2 atom stereocenters. The van der Waals surface area contributed by atoms with Gasteiger partial charge < -0.3 is 10.1 Å². The molecule has 3 N–H and O–H groups in total. The van der Waals surface area contributed by atoms with Crippen molar-refractivity contribution >= 4 is 49.4 Å². The molecule has 2 aromatic heterocycles. The average Bonchev–Trinajstić information content (AvgIpc) is 3.36. The van der Waals surface area contributed by atoms with Crippen molar-refractivity contribution < 1.29 is 18.3 Å². The van der Waals surface area contributed by atoms with Crippen LogP contribution >= 0.6 is 11.8 Å². The van der Waals surface area contributed by atoms with Crippen LogP contribution in [0.1, 0.15) is 19.0 Å². The lowest BCUT2D eigenvalue weighted by molar-refractivity contribution is -0.141. The van der Waals surface area contributed by atoms with Gasteiger partial charge in [-0.3, -0.25) is 14.5 Å². The van der Waals surface area contributed by atoms with E-state index in [1.807, 2.05) is 19.1 Å². The lowest BCUT2D eigenvalue weighted by Gasteiger charge is -2.15. The maximum absolute atomic E-state index is 12.7. The summed E-state index contributed by atoms with van der Waals surface area (Å²) in [4.78, 5) is 23.1. The number of hydrogen-bond acceptors (Lipinski definition) is 6. The molecule has 3 heterocycles. The Morgan fingerprint density at radius 2 is 2.17 bits per heavy atom. The summed E-state index contributed by atoms with van der Waals surface area (Å²) in [6, 6.07) is 11.9. The third-order valence-electron chi connectivity index (χ3n) is 4.93. The molecule has 10 heteroatoms. The molecule has 0 spiro atoms. The van der Waals surface area contributed by atoms with Crippen molar-refractivity contribution in [1.29, 1.82) is 0 Å². The van der Waals surface area contributed by atoms with E-state index in [2.05, 4.69) is 19.7 Å². The van der Waals surface area contributed by atoms with Crippen LogP contribution < -0.4 is 4.72 Å². The number of thioether (sulfide) groups is 1. The number of aliphatic imine (C=N–C) groups is 1. The number of nitrogens with zero attached hydrogens (tertiary/aromatic N) is 2. The normalized spacial score (nSPS) is 17.6. The second kappa shape index (κ2) is 8.11. The van der Waals surface area contributed by atoms with E-state index in [0.717, 1.165) is 16.1 Å². The third-order valence-corrected chi connectivity index (χ3v) is 7.56. The predicted molar refractivity (Wildman–Crippen MR) is 118 cm³/mol. The first-order chi connectivity index (χ1) is 14.4. The third kappa shape index (κ3) is 3.92. The molecule has 1 aromatic carbocycles. The number of anilines is 1. The van der Waals surface area contributed by atoms with Crippen molar-refractivity contribution in [2.75, 3.05) is 11.3 Å². The van der Waals surface area contributed by atoms with E-state index in [1.54, 1.807) is 24.3 Å². The highest BCUT2D eigenvalue weighted by Gasteiger charge is 2.32. The van der Waals surface area contributed by atoms with E-state index in [1.165, 1.54) is 24.0 Å². The molecule has 8 nitrogen and oxygen atoms in total. The number of pyridine rings is 1. The molecule has 0 radical (unpaired) electrons. The van der Waals surface area contributed by atoms with Gasteiger partial charge in [-0.1, -0.05) is 36.9 Å². The minimum absolute atomic E-state index is 0.0633. The molecule has 0 saturated carbocycles. The molecule has 1 aliphatic rings. The molecule has 156 valence electrons. The quantitative estimate of drug-likeness (QED) is 0.513. The zero-order valence-corrected chi connectivity index (χ0v) is 17.7. The molecule has 1 aliphatic heterocycles. The van der Waals surface area contributed by atoms with Gasteiger partial charge in [-0.25, -0.2) is 4.98 Å². The minimum atomic E-state index is -3.83. The molecular formula is C20H20N4O4S2. The van der Waals surface area contributed by atoms with Gasteiger partial charge in [0.15, 0.2) is 5.03 Å². The molecule has 0 saturated heterocycles. The Hall–Kier alpha value is -2.85. The zero-order valence-electron chi connectivity index (χ0n) is 16.1. The number of aromatic amines is 1. The zero-order chi connectivity index (χ0) is 21.3. The SMILES string of the molecule is CCC(C(=O)O)C1CN=C(c2cc3cccc(NS(=O)(=O)c4ccccn4)c3[nH]2)S1. The summed E-state index contributed by atoms with van der Waals surface area (Å²) in [5.41, 5.74) is 1.77. The van der Waals surface area contributed by atoms with Crippen LogP contribution in [0.3, 0.4) is 0 Å². The van der Waals surface area contributed by atoms with Gasteiger partial charge in [0.2, 0.25) is 0 Å². The molecule has 2 unspecified atom stereocenters. The molecule has 0 bridgehead atoms. The van der Waals surface area contributed by atoms with Crippen LogP contribution in [0.4, 0.5) is 5.69 Å². The number of rotatable bonds is 7. The maximum Gasteiger partial charge on any atom is 0.307 e. The highest BCUT2D eigenvalue weighted by Crippen LogP contribution is 2.34. The second-order valence-electron chi connectivity index (χ2n) is 6.88. The number of aromatic nitrogens is 2. The van der Waals surface area contributed by atoms with Crippen molar-refractivity contribution in [3.8, 4) is 0 Å². The van der Waals surface area contributed by atoms with Gasteiger partial charge in [0.1, 0.15) is 5.04 Å². The van der Waals surface area contributed by atoms with Crippen molar-refractivity contribution in [3.05, 3.63) is 54.4 Å². The van der Waals surface area contributed by atoms with Crippen LogP contribution in [0, 0.1) is 5.92 Å². The fourth-order valence-corrected chi connectivity index (χ4v) is 5.72. The van der Waals surface area contributed by atoms with Gasteiger partial charge in [0.05, 0.1) is 29.4 Å². The Morgan fingerprint density at radius 3 is 2.87 bits per heavy atom.